The van der Waals surface area contributed by atoms with E-state index in [1.54, 1.807) is 0 Å². The summed E-state index contributed by atoms with van der Waals surface area (Å²) in [4.78, 5) is 0. The Labute approximate surface area is 79.9 Å². The first-order valence-corrected chi connectivity index (χ1v) is 4.74. The van der Waals surface area contributed by atoms with Crippen molar-refractivity contribution in [3.63, 3.8) is 0 Å². The zero-order chi connectivity index (χ0) is 10.1. The summed E-state index contributed by atoms with van der Waals surface area (Å²) in [6.07, 6.45) is 0.877. The molecule has 2 N–H and O–H groups in total. The molecule has 0 unspecified atom stereocenters. The molecule has 1 aromatic rings. The second kappa shape index (κ2) is 3.50. The molecule has 3 heteroatoms. The van der Waals surface area contributed by atoms with Crippen molar-refractivity contribution in [2.24, 2.45) is 5.73 Å². The molecular weight excluding hydrogens is 162 g/mol. The molecule has 0 saturated heterocycles. The van der Waals surface area contributed by atoms with Crippen LogP contribution in [-0.2, 0) is 13.0 Å². The zero-order valence-corrected chi connectivity index (χ0v) is 8.96. The van der Waals surface area contributed by atoms with E-state index in [4.69, 9.17) is 5.73 Å². The summed E-state index contributed by atoms with van der Waals surface area (Å²) in [5.41, 5.74) is 8.11. The second-order valence-corrected chi connectivity index (χ2v) is 4.26. The highest BCUT2D eigenvalue weighted by Gasteiger charge is 2.15. The largest absolute Gasteiger partial charge is 0.325 e. The first-order chi connectivity index (χ1) is 5.92. The topological polar surface area (TPSA) is 43.8 Å². The van der Waals surface area contributed by atoms with E-state index in [0.29, 0.717) is 0 Å². The van der Waals surface area contributed by atoms with Gasteiger partial charge in [-0.3, -0.25) is 4.68 Å². The Hall–Kier alpha value is -0.830. The minimum atomic E-state index is -0.153. The third-order valence-corrected chi connectivity index (χ3v) is 1.92. The Bertz CT molecular complexity index is 281. The number of hydrogen-bond donors (Lipinski definition) is 1. The van der Waals surface area contributed by atoms with Crippen molar-refractivity contribution in [1.82, 2.24) is 9.78 Å². The summed E-state index contributed by atoms with van der Waals surface area (Å²) in [5, 5.41) is 4.37. The van der Waals surface area contributed by atoms with Crippen LogP contribution < -0.4 is 5.73 Å². The van der Waals surface area contributed by atoms with E-state index in [-0.39, 0.29) is 5.54 Å². The summed E-state index contributed by atoms with van der Waals surface area (Å²) >= 11 is 0. The molecule has 0 bridgehead atoms. The highest BCUT2D eigenvalue weighted by molar-refractivity contribution is 5.11. The van der Waals surface area contributed by atoms with Crippen LogP contribution in [0.3, 0.4) is 0 Å². The Kier molecular flexibility index (Phi) is 2.76. The maximum atomic E-state index is 5.96. The van der Waals surface area contributed by atoms with Gasteiger partial charge >= 0.3 is 0 Å². The van der Waals surface area contributed by atoms with Gasteiger partial charge in [0.05, 0.1) is 5.69 Å². The van der Waals surface area contributed by atoms with Crippen molar-refractivity contribution < 1.29 is 0 Å². The molecule has 1 aromatic heterocycles. The van der Waals surface area contributed by atoms with Crippen molar-refractivity contribution >= 4 is 0 Å². The molecule has 1 rings (SSSR count). The van der Waals surface area contributed by atoms with Gasteiger partial charge < -0.3 is 5.73 Å². The van der Waals surface area contributed by atoms with Gasteiger partial charge in [0.15, 0.2) is 0 Å². The van der Waals surface area contributed by atoms with Crippen LogP contribution in [0.1, 0.15) is 32.2 Å². The van der Waals surface area contributed by atoms with E-state index >= 15 is 0 Å². The average Bonchev–Trinajstić information content (AvgIpc) is 2.27. The van der Waals surface area contributed by atoms with Crippen molar-refractivity contribution in [3.8, 4) is 0 Å². The number of hydrogen-bond acceptors (Lipinski definition) is 2. The van der Waals surface area contributed by atoms with Gasteiger partial charge in [-0.15, -0.1) is 0 Å². The van der Waals surface area contributed by atoms with Crippen LogP contribution in [0.5, 0.6) is 0 Å². The van der Waals surface area contributed by atoms with E-state index in [1.807, 2.05) is 25.5 Å². The summed E-state index contributed by atoms with van der Waals surface area (Å²) in [6, 6.07) is 2.11. The smallest absolute Gasteiger partial charge is 0.0596 e. The molecule has 3 nitrogen and oxygen atoms in total. The third-order valence-electron chi connectivity index (χ3n) is 1.92. The second-order valence-electron chi connectivity index (χ2n) is 4.26. The first kappa shape index (κ1) is 10.3. The standard InChI is InChI=1S/C10H19N3/c1-5-13-9(6-8(2)12-13)7-10(3,4)11/h6H,5,7,11H2,1-4H3. The van der Waals surface area contributed by atoms with Crippen LogP contribution >= 0.6 is 0 Å². The normalized spacial score (nSPS) is 12.1. The zero-order valence-electron chi connectivity index (χ0n) is 8.96. The van der Waals surface area contributed by atoms with Gasteiger partial charge in [0.1, 0.15) is 0 Å². The highest BCUT2D eigenvalue weighted by Crippen LogP contribution is 2.11. The minimum absolute atomic E-state index is 0.153. The molecule has 13 heavy (non-hydrogen) atoms. The molecule has 0 aliphatic heterocycles. The van der Waals surface area contributed by atoms with E-state index in [9.17, 15) is 0 Å². The quantitative estimate of drug-likeness (QED) is 0.767. The lowest BCUT2D eigenvalue weighted by Crippen LogP contribution is -2.35. The Morgan fingerprint density at radius 3 is 2.62 bits per heavy atom. The lowest BCUT2D eigenvalue weighted by atomic mass is 10.00. The van der Waals surface area contributed by atoms with Crippen LogP contribution in [0, 0.1) is 6.92 Å². The fourth-order valence-corrected chi connectivity index (χ4v) is 1.48. The molecule has 1 heterocycles. The van der Waals surface area contributed by atoms with E-state index in [2.05, 4.69) is 18.1 Å². The van der Waals surface area contributed by atoms with Crippen LogP contribution in [0.25, 0.3) is 0 Å². The number of aromatic nitrogens is 2. The van der Waals surface area contributed by atoms with Crippen molar-refractivity contribution in [3.05, 3.63) is 17.5 Å². The third kappa shape index (κ3) is 2.84. The molecule has 0 saturated carbocycles. The summed E-state index contributed by atoms with van der Waals surface area (Å²) in [5.74, 6) is 0. The van der Waals surface area contributed by atoms with Crippen molar-refractivity contribution in [2.45, 2.75) is 46.2 Å². The van der Waals surface area contributed by atoms with Crippen LogP contribution in [-0.4, -0.2) is 15.3 Å². The predicted octanol–water partition coefficient (Wildman–Crippen LogP) is 1.49. The average molecular weight is 181 g/mol. The Morgan fingerprint density at radius 2 is 2.15 bits per heavy atom. The predicted molar refractivity (Wildman–Crippen MR) is 54.6 cm³/mol. The van der Waals surface area contributed by atoms with Gasteiger partial charge in [-0.2, -0.15) is 5.10 Å². The molecule has 0 spiro atoms. The molecule has 0 amide bonds. The summed E-state index contributed by atoms with van der Waals surface area (Å²) < 4.78 is 2.02. The minimum Gasteiger partial charge on any atom is -0.325 e. The molecular formula is C10H19N3. The van der Waals surface area contributed by atoms with Crippen LogP contribution in [0.4, 0.5) is 0 Å². The summed E-state index contributed by atoms with van der Waals surface area (Å²) in [7, 11) is 0. The lowest BCUT2D eigenvalue weighted by molar-refractivity contribution is 0.485. The van der Waals surface area contributed by atoms with E-state index in [0.717, 1.165) is 18.7 Å². The first-order valence-electron chi connectivity index (χ1n) is 4.74. The maximum absolute atomic E-state index is 5.96. The van der Waals surface area contributed by atoms with E-state index in [1.165, 1.54) is 5.69 Å². The van der Waals surface area contributed by atoms with Crippen molar-refractivity contribution in [1.29, 1.82) is 0 Å². The molecule has 0 radical (unpaired) electrons. The van der Waals surface area contributed by atoms with Crippen LogP contribution in [0.2, 0.25) is 0 Å². The molecule has 0 atom stereocenters. The van der Waals surface area contributed by atoms with Crippen molar-refractivity contribution in [2.75, 3.05) is 0 Å². The summed E-state index contributed by atoms with van der Waals surface area (Å²) in [6.45, 7) is 9.10. The van der Waals surface area contributed by atoms with Gasteiger partial charge in [0, 0.05) is 24.2 Å². The van der Waals surface area contributed by atoms with Gasteiger partial charge in [0.2, 0.25) is 0 Å². The van der Waals surface area contributed by atoms with Gasteiger partial charge in [-0.1, -0.05) is 0 Å². The Morgan fingerprint density at radius 1 is 1.54 bits per heavy atom. The Balaban J connectivity index is 2.87. The monoisotopic (exact) mass is 181 g/mol. The molecule has 74 valence electrons. The molecule has 0 aliphatic rings. The highest BCUT2D eigenvalue weighted by atomic mass is 15.3. The molecule has 0 aromatic carbocycles. The SMILES string of the molecule is CCn1nc(C)cc1CC(C)(C)N. The maximum Gasteiger partial charge on any atom is 0.0596 e. The molecule has 0 fully saturated rings. The van der Waals surface area contributed by atoms with Gasteiger partial charge in [0.25, 0.3) is 0 Å². The number of nitrogens with two attached hydrogens (primary N) is 1. The van der Waals surface area contributed by atoms with Gasteiger partial charge in [-0.05, 0) is 33.8 Å². The molecule has 0 aliphatic carbocycles. The van der Waals surface area contributed by atoms with Gasteiger partial charge in [-0.25, -0.2) is 0 Å². The fraction of sp³-hybridized carbons (Fsp3) is 0.700. The van der Waals surface area contributed by atoms with E-state index < -0.39 is 0 Å². The lowest BCUT2D eigenvalue weighted by Gasteiger charge is -2.18. The van der Waals surface area contributed by atoms with Crippen LogP contribution in [0.15, 0.2) is 6.07 Å². The number of nitrogens with zero attached hydrogens (tertiary/aromatic N) is 2. The number of aryl methyl sites for hydroxylation is 2. The fourth-order valence-electron chi connectivity index (χ4n) is 1.48. The number of rotatable bonds is 3.